The number of carbonyl (C=O) groups is 1. The number of rotatable bonds is 6. The van der Waals surface area contributed by atoms with Crippen molar-refractivity contribution in [2.24, 2.45) is 0 Å². The molecule has 0 saturated carbocycles. The maximum Gasteiger partial charge on any atom is 0.251 e. The third-order valence-electron chi connectivity index (χ3n) is 6.24. The van der Waals surface area contributed by atoms with Crippen molar-refractivity contribution < 1.29 is 14.3 Å². The Morgan fingerprint density at radius 1 is 1.00 bits per heavy atom. The van der Waals surface area contributed by atoms with Gasteiger partial charge in [-0.05, 0) is 37.1 Å². The smallest absolute Gasteiger partial charge is 0.251 e. The van der Waals surface area contributed by atoms with Crippen LogP contribution in [0.3, 0.4) is 0 Å². The second kappa shape index (κ2) is 9.48. The first-order chi connectivity index (χ1) is 15.9. The van der Waals surface area contributed by atoms with Crippen molar-refractivity contribution in [3.63, 3.8) is 0 Å². The third-order valence-corrected chi connectivity index (χ3v) is 6.24. The van der Waals surface area contributed by atoms with E-state index in [1.807, 2.05) is 54.3 Å². The monoisotopic (exact) mass is 447 g/mol. The van der Waals surface area contributed by atoms with Crippen LogP contribution in [0.15, 0.2) is 53.3 Å². The minimum atomic E-state index is -0.187. The highest BCUT2D eigenvalue weighted by Gasteiger charge is 2.38. The summed E-state index contributed by atoms with van der Waals surface area (Å²) in [6, 6.07) is 15.4. The van der Waals surface area contributed by atoms with Gasteiger partial charge in [-0.1, -0.05) is 35.9 Å². The van der Waals surface area contributed by atoms with Gasteiger partial charge >= 0.3 is 0 Å². The standard InChI is InChI=1S/C26H29N3O4/c1-16-5-7-18(8-6-16)11-26(31)29-14-20(19-9-10-23(32-3)24(12-19)33-4)21(15-29)22-13-25(30)28-17(2)27-22/h5-10,12-13,20-21H,11,14-15H2,1-4H3,(H,27,28,30)/t20-,21+/m0/s1. The van der Waals surface area contributed by atoms with Gasteiger partial charge in [-0.25, -0.2) is 4.98 Å². The molecule has 2 heterocycles. The molecule has 3 aromatic rings. The number of nitrogens with zero attached hydrogens (tertiary/aromatic N) is 2. The van der Waals surface area contributed by atoms with Gasteiger partial charge in [0.25, 0.3) is 5.56 Å². The zero-order valence-electron chi connectivity index (χ0n) is 19.4. The Morgan fingerprint density at radius 2 is 1.70 bits per heavy atom. The van der Waals surface area contributed by atoms with Crippen LogP contribution in [0, 0.1) is 13.8 Å². The fraction of sp³-hybridized carbons (Fsp3) is 0.346. The van der Waals surface area contributed by atoms with Gasteiger partial charge < -0.3 is 19.4 Å². The zero-order valence-corrected chi connectivity index (χ0v) is 19.4. The molecule has 1 aromatic heterocycles. The molecule has 0 radical (unpaired) electrons. The van der Waals surface area contributed by atoms with E-state index in [0.29, 0.717) is 42.5 Å². The second-order valence-corrected chi connectivity index (χ2v) is 8.54. The minimum Gasteiger partial charge on any atom is -0.493 e. The van der Waals surface area contributed by atoms with Crippen LogP contribution in [0.1, 0.15) is 40.0 Å². The van der Waals surface area contributed by atoms with Crippen molar-refractivity contribution in [1.29, 1.82) is 0 Å². The molecular formula is C26H29N3O4. The number of aromatic nitrogens is 2. The minimum absolute atomic E-state index is 0.0273. The molecule has 1 saturated heterocycles. The summed E-state index contributed by atoms with van der Waals surface area (Å²) in [7, 11) is 3.21. The van der Waals surface area contributed by atoms with Gasteiger partial charge in [-0.15, -0.1) is 0 Å². The summed E-state index contributed by atoms with van der Waals surface area (Å²) < 4.78 is 10.9. The van der Waals surface area contributed by atoms with Gasteiger partial charge in [-0.2, -0.15) is 0 Å². The lowest BCUT2D eigenvalue weighted by Gasteiger charge is -2.19. The van der Waals surface area contributed by atoms with Crippen molar-refractivity contribution in [3.8, 4) is 11.5 Å². The van der Waals surface area contributed by atoms with E-state index in [0.717, 1.165) is 16.7 Å². The van der Waals surface area contributed by atoms with Crippen molar-refractivity contribution in [2.45, 2.75) is 32.1 Å². The van der Waals surface area contributed by atoms with Crippen LogP contribution in [-0.4, -0.2) is 48.1 Å². The Morgan fingerprint density at radius 3 is 2.36 bits per heavy atom. The normalized spacial score (nSPS) is 17.8. The number of H-pyrrole nitrogens is 1. The lowest BCUT2D eigenvalue weighted by Crippen LogP contribution is -2.30. The summed E-state index contributed by atoms with van der Waals surface area (Å²) in [5, 5.41) is 0. The van der Waals surface area contributed by atoms with Gasteiger partial charge in [0.15, 0.2) is 11.5 Å². The predicted octanol–water partition coefficient (Wildman–Crippen LogP) is 3.36. The quantitative estimate of drug-likeness (QED) is 0.626. The van der Waals surface area contributed by atoms with Crippen LogP contribution in [-0.2, 0) is 11.2 Å². The Kier molecular flexibility index (Phi) is 6.49. The van der Waals surface area contributed by atoms with E-state index in [-0.39, 0.29) is 23.3 Å². The molecule has 7 nitrogen and oxygen atoms in total. The summed E-state index contributed by atoms with van der Waals surface area (Å²) >= 11 is 0. The molecular weight excluding hydrogens is 418 g/mol. The zero-order chi connectivity index (χ0) is 23.5. The molecule has 172 valence electrons. The number of aryl methyl sites for hydroxylation is 2. The molecule has 0 unspecified atom stereocenters. The molecule has 0 aliphatic carbocycles. The van der Waals surface area contributed by atoms with Gasteiger partial charge in [0.1, 0.15) is 5.82 Å². The number of hydrogen-bond acceptors (Lipinski definition) is 5. The first-order valence-corrected chi connectivity index (χ1v) is 11.0. The summed E-state index contributed by atoms with van der Waals surface area (Å²) in [4.78, 5) is 34.6. The van der Waals surface area contributed by atoms with Gasteiger partial charge in [0.05, 0.1) is 26.3 Å². The molecule has 1 N–H and O–H groups in total. The molecule has 2 aromatic carbocycles. The molecule has 1 amide bonds. The van der Waals surface area contributed by atoms with E-state index >= 15 is 0 Å². The Balaban J connectivity index is 1.67. The number of aromatic amines is 1. The first-order valence-electron chi connectivity index (χ1n) is 11.0. The van der Waals surface area contributed by atoms with Crippen LogP contribution >= 0.6 is 0 Å². The average molecular weight is 448 g/mol. The molecule has 1 aliphatic heterocycles. The lowest BCUT2D eigenvalue weighted by atomic mass is 9.86. The summed E-state index contributed by atoms with van der Waals surface area (Å²) in [6.07, 6.45) is 0.341. The second-order valence-electron chi connectivity index (χ2n) is 8.54. The van der Waals surface area contributed by atoms with Crippen molar-refractivity contribution in [1.82, 2.24) is 14.9 Å². The van der Waals surface area contributed by atoms with Crippen LogP contribution < -0.4 is 15.0 Å². The van der Waals surface area contributed by atoms with Crippen LogP contribution in [0.2, 0.25) is 0 Å². The van der Waals surface area contributed by atoms with Crippen molar-refractivity contribution in [3.05, 3.63) is 87.1 Å². The first kappa shape index (κ1) is 22.6. The average Bonchev–Trinajstić information content (AvgIpc) is 3.25. The van der Waals surface area contributed by atoms with Crippen LogP contribution in [0.4, 0.5) is 0 Å². The maximum absolute atomic E-state index is 13.2. The molecule has 33 heavy (non-hydrogen) atoms. The number of methoxy groups -OCH3 is 2. The highest BCUT2D eigenvalue weighted by atomic mass is 16.5. The number of carbonyl (C=O) groups excluding carboxylic acids is 1. The van der Waals surface area contributed by atoms with E-state index in [2.05, 4.69) is 9.97 Å². The third kappa shape index (κ3) is 4.92. The molecule has 4 rings (SSSR count). The van der Waals surface area contributed by atoms with Crippen molar-refractivity contribution >= 4 is 5.91 Å². The Bertz CT molecular complexity index is 1200. The number of nitrogens with one attached hydrogen (secondary N) is 1. The predicted molar refractivity (Wildman–Crippen MR) is 126 cm³/mol. The highest BCUT2D eigenvalue weighted by molar-refractivity contribution is 5.79. The maximum atomic E-state index is 13.2. The van der Waals surface area contributed by atoms with E-state index in [4.69, 9.17) is 9.47 Å². The number of ether oxygens (including phenoxy) is 2. The Labute approximate surface area is 193 Å². The lowest BCUT2D eigenvalue weighted by molar-refractivity contribution is -0.129. The van der Waals surface area contributed by atoms with E-state index in [1.165, 1.54) is 0 Å². The fourth-order valence-electron chi connectivity index (χ4n) is 4.51. The van der Waals surface area contributed by atoms with E-state index in [1.54, 1.807) is 27.2 Å². The van der Waals surface area contributed by atoms with E-state index < -0.39 is 0 Å². The molecule has 2 atom stereocenters. The molecule has 1 aliphatic rings. The van der Waals surface area contributed by atoms with Crippen LogP contribution in [0.5, 0.6) is 11.5 Å². The fourth-order valence-corrected chi connectivity index (χ4v) is 4.51. The molecule has 0 bridgehead atoms. The topological polar surface area (TPSA) is 84.5 Å². The summed E-state index contributed by atoms with van der Waals surface area (Å²) in [5.41, 5.74) is 3.68. The van der Waals surface area contributed by atoms with Gasteiger partial charge in [-0.3, -0.25) is 9.59 Å². The highest BCUT2D eigenvalue weighted by Crippen LogP contribution is 2.41. The van der Waals surface area contributed by atoms with Crippen molar-refractivity contribution in [2.75, 3.05) is 27.3 Å². The van der Waals surface area contributed by atoms with E-state index in [9.17, 15) is 9.59 Å². The van der Waals surface area contributed by atoms with Crippen LogP contribution in [0.25, 0.3) is 0 Å². The molecule has 1 fully saturated rings. The Hall–Kier alpha value is -3.61. The number of likely N-dealkylation sites (tertiary alicyclic amines) is 1. The number of hydrogen-bond donors (Lipinski definition) is 1. The number of benzene rings is 2. The number of amides is 1. The summed E-state index contributed by atoms with van der Waals surface area (Å²) in [5.74, 6) is 1.77. The molecule has 0 spiro atoms. The summed E-state index contributed by atoms with van der Waals surface area (Å²) in [6.45, 7) is 4.84. The largest absolute Gasteiger partial charge is 0.493 e. The van der Waals surface area contributed by atoms with Gasteiger partial charge in [0.2, 0.25) is 5.91 Å². The van der Waals surface area contributed by atoms with Gasteiger partial charge in [0, 0.05) is 31.0 Å². The SMILES string of the molecule is COc1ccc([C@@H]2CN(C(=O)Cc3ccc(C)cc3)C[C@H]2c2cc(=O)[nH]c(C)n2)cc1OC. The molecule has 7 heteroatoms.